The molecule has 0 bridgehead atoms. The zero-order chi connectivity index (χ0) is 12.5. The Hall–Kier alpha value is -2.05. The summed E-state index contributed by atoms with van der Waals surface area (Å²) in [5, 5.41) is 10.4. The summed E-state index contributed by atoms with van der Waals surface area (Å²) in [6, 6.07) is 1.06. The number of benzene rings is 1. The second-order valence-electron chi connectivity index (χ2n) is 3.24. The standard InChI is InChI=1S/C9H8F2N2O3/c1-12(2)9(14)6-3-5(10)4-7(8(6)11)13(15)16/h3-4H,1-2H3. The summed E-state index contributed by atoms with van der Waals surface area (Å²) in [5.74, 6) is -3.19. The second-order valence-corrected chi connectivity index (χ2v) is 3.24. The zero-order valence-corrected chi connectivity index (χ0v) is 8.53. The van der Waals surface area contributed by atoms with Crippen LogP contribution in [0.4, 0.5) is 14.5 Å². The lowest BCUT2D eigenvalue weighted by Crippen LogP contribution is -2.23. The Morgan fingerprint density at radius 2 is 1.94 bits per heavy atom. The molecule has 5 nitrogen and oxygen atoms in total. The van der Waals surface area contributed by atoms with Crippen LogP contribution in [0.3, 0.4) is 0 Å². The van der Waals surface area contributed by atoms with Gasteiger partial charge in [0, 0.05) is 14.1 Å². The molecule has 16 heavy (non-hydrogen) atoms. The molecule has 86 valence electrons. The first-order valence-corrected chi connectivity index (χ1v) is 4.19. The molecule has 0 aliphatic rings. The number of carbonyl (C=O) groups is 1. The molecule has 0 heterocycles. The quantitative estimate of drug-likeness (QED) is 0.572. The monoisotopic (exact) mass is 230 g/mol. The number of halogens is 2. The van der Waals surface area contributed by atoms with Crippen LogP contribution in [0, 0.1) is 21.7 Å². The minimum Gasteiger partial charge on any atom is -0.345 e. The van der Waals surface area contributed by atoms with E-state index < -0.39 is 33.7 Å². The van der Waals surface area contributed by atoms with Gasteiger partial charge in [-0.2, -0.15) is 4.39 Å². The topological polar surface area (TPSA) is 63.5 Å². The van der Waals surface area contributed by atoms with Crippen molar-refractivity contribution in [1.82, 2.24) is 4.90 Å². The third kappa shape index (κ3) is 2.13. The highest BCUT2D eigenvalue weighted by atomic mass is 19.1. The summed E-state index contributed by atoms with van der Waals surface area (Å²) in [6.45, 7) is 0. The number of rotatable bonds is 2. The fourth-order valence-electron chi connectivity index (χ4n) is 1.10. The van der Waals surface area contributed by atoms with Crippen molar-refractivity contribution in [3.63, 3.8) is 0 Å². The van der Waals surface area contributed by atoms with Crippen molar-refractivity contribution in [2.24, 2.45) is 0 Å². The maximum Gasteiger partial charge on any atom is 0.308 e. The number of nitrogens with zero attached hydrogens (tertiary/aromatic N) is 2. The van der Waals surface area contributed by atoms with Gasteiger partial charge in [-0.1, -0.05) is 0 Å². The summed E-state index contributed by atoms with van der Waals surface area (Å²) in [5.41, 5.74) is -1.71. The van der Waals surface area contributed by atoms with Gasteiger partial charge in [-0.05, 0) is 6.07 Å². The van der Waals surface area contributed by atoms with Crippen molar-refractivity contribution in [1.29, 1.82) is 0 Å². The maximum absolute atomic E-state index is 13.5. The van der Waals surface area contributed by atoms with E-state index in [-0.39, 0.29) is 0 Å². The highest BCUT2D eigenvalue weighted by Crippen LogP contribution is 2.23. The van der Waals surface area contributed by atoms with Crippen molar-refractivity contribution >= 4 is 11.6 Å². The molecule has 0 aliphatic heterocycles. The van der Waals surface area contributed by atoms with Gasteiger partial charge in [0.1, 0.15) is 5.82 Å². The Labute approximate surface area is 89.4 Å². The third-order valence-electron chi connectivity index (χ3n) is 1.85. The van der Waals surface area contributed by atoms with E-state index in [1.165, 1.54) is 14.1 Å². The number of amides is 1. The summed E-state index contributed by atoms with van der Waals surface area (Å²) in [7, 11) is 2.66. The minimum absolute atomic E-state index is 0.432. The molecule has 1 aromatic rings. The predicted molar refractivity (Wildman–Crippen MR) is 51.0 cm³/mol. The second kappa shape index (κ2) is 4.21. The van der Waals surface area contributed by atoms with Gasteiger partial charge in [-0.15, -0.1) is 0 Å². The molecule has 7 heteroatoms. The van der Waals surface area contributed by atoms with E-state index >= 15 is 0 Å². The number of hydrogen-bond acceptors (Lipinski definition) is 3. The van der Waals surface area contributed by atoms with E-state index in [1.807, 2.05) is 0 Å². The van der Waals surface area contributed by atoms with Crippen molar-refractivity contribution in [2.75, 3.05) is 14.1 Å². The van der Waals surface area contributed by atoms with Gasteiger partial charge in [0.05, 0.1) is 16.6 Å². The summed E-state index contributed by atoms with van der Waals surface area (Å²) >= 11 is 0. The van der Waals surface area contributed by atoms with Crippen LogP contribution in [0.15, 0.2) is 12.1 Å². The SMILES string of the molecule is CN(C)C(=O)c1cc(F)cc([N+](=O)[O-])c1F. The van der Waals surface area contributed by atoms with Crippen LogP contribution in [-0.4, -0.2) is 29.8 Å². The van der Waals surface area contributed by atoms with Gasteiger partial charge in [0.15, 0.2) is 0 Å². The van der Waals surface area contributed by atoms with Crippen LogP contribution in [0.2, 0.25) is 0 Å². The Morgan fingerprint density at radius 1 is 1.38 bits per heavy atom. The first-order valence-electron chi connectivity index (χ1n) is 4.19. The smallest absolute Gasteiger partial charge is 0.308 e. The third-order valence-corrected chi connectivity index (χ3v) is 1.85. The van der Waals surface area contributed by atoms with Crippen molar-refractivity contribution in [3.05, 3.63) is 39.4 Å². The Morgan fingerprint density at radius 3 is 2.38 bits per heavy atom. The Balaban J connectivity index is 3.41. The Kier molecular flexibility index (Phi) is 3.17. The molecule has 1 rings (SSSR count). The number of carbonyl (C=O) groups excluding carboxylic acids is 1. The van der Waals surface area contributed by atoms with E-state index in [0.29, 0.717) is 12.1 Å². The van der Waals surface area contributed by atoms with E-state index in [9.17, 15) is 23.7 Å². The molecule has 0 radical (unpaired) electrons. The highest BCUT2D eigenvalue weighted by molar-refractivity contribution is 5.94. The molecule has 0 atom stereocenters. The number of hydrogen-bond donors (Lipinski definition) is 0. The molecule has 0 saturated heterocycles. The first kappa shape index (κ1) is 12.0. The van der Waals surface area contributed by atoms with Crippen LogP contribution in [0.25, 0.3) is 0 Å². The summed E-state index contributed by atoms with van der Waals surface area (Å²) < 4.78 is 26.4. The van der Waals surface area contributed by atoms with E-state index in [1.54, 1.807) is 0 Å². The lowest BCUT2D eigenvalue weighted by molar-refractivity contribution is -0.387. The van der Waals surface area contributed by atoms with Gasteiger partial charge < -0.3 is 4.90 Å². The Bertz CT molecular complexity index is 460. The van der Waals surface area contributed by atoms with Crippen LogP contribution >= 0.6 is 0 Å². The molecular formula is C9H8F2N2O3. The minimum atomic E-state index is -1.33. The fraction of sp³-hybridized carbons (Fsp3) is 0.222. The average Bonchev–Trinajstić information content (AvgIpc) is 2.19. The van der Waals surface area contributed by atoms with E-state index in [4.69, 9.17) is 0 Å². The largest absolute Gasteiger partial charge is 0.345 e. The van der Waals surface area contributed by atoms with Crippen molar-refractivity contribution < 1.29 is 18.5 Å². The van der Waals surface area contributed by atoms with Gasteiger partial charge >= 0.3 is 5.69 Å². The predicted octanol–water partition coefficient (Wildman–Crippen LogP) is 1.57. The average molecular weight is 230 g/mol. The van der Waals surface area contributed by atoms with E-state index in [2.05, 4.69) is 0 Å². The van der Waals surface area contributed by atoms with Crippen LogP contribution < -0.4 is 0 Å². The molecule has 0 saturated carbocycles. The highest BCUT2D eigenvalue weighted by Gasteiger charge is 2.24. The lowest BCUT2D eigenvalue weighted by Gasteiger charge is -2.10. The zero-order valence-electron chi connectivity index (χ0n) is 8.53. The normalized spacial score (nSPS) is 10.0. The van der Waals surface area contributed by atoms with E-state index in [0.717, 1.165) is 4.90 Å². The van der Waals surface area contributed by atoms with Crippen LogP contribution in [0.1, 0.15) is 10.4 Å². The van der Waals surface area contributed by atoms with Gasteiger partial charge in [-0.3, -0.25) is 14.9 Å². The molecule has 1 amide bonds. The molecule has 0 aromatic heterocycles. The molecule has 0 unspecified atom stereocenters. The van der Waals surface area contributed by atoms with Gasteiger partial charge in [0.25, 0.3) is 5.91 Å². The van der Waals surface area contributed by atoms with Gasteiger partial charge in [-0.25, -0.2) is 4.39 Å². The molecular weight excluding hydrogens is 222 g/mol. The molecule has 1 aromatic carbocycles. The number of nitro benzene ring substituents is 1. The van der Waals surface area contributed by atoms with Crippen LogP contribution in [0.5, 0.6) is 0 Å². The fourth-order valence-corrected chi connectivity index (χ4v) is 1.10. The lowest BCUT2D eigenvalue weighted by atomic mass is 10.1. The number of nitro groups is 1. The maximum atomic E-state index is 13.5. The summed E-state index contributed by atoms with van der Waals surface area (Å²) in [6.07, 6.45) is 0. The van der Waals surface area contributed by atoms with Crippen molar-refractivity contribution in [3.8, 4) is 0 Å². The molecule has 0 fully saturated rings. The first-order chi connectivity index (χ1) is 7.34. The molecule has 0 N–H and O–H groups in total. The summed E-state index contributed by atoms with van der Waals surface area (Å²) in [4.78, 5) is 21.7. The van der Waals surface area contributed by atoms with Gasteiger partial charge in [0.2, 0.25) is 5.82 Å². The molecule has 0 aliphatic carbocycles. The van der Waals surface area contributed by atoms with Crippen LogP contribution in [-0.2, 0) is 0 Å². The molecule has 0 spiro atoms. The van der Waals surface area contributed by atoms with Crippen molar-refractivity contribution in [2.45, 2.75) is 0 Å².